The summed E-state index contributed by atoms with van der Waals surface area (Å²) in [5.74, 6) is -0.579. The molecule has 0 saturated heterocycles. The molecule has 0 saturated carbocycles. The van der Waals surface area contributed by atoms with Gasteiger partial charge in [-0.25, -0.2) is 0 Å². The van der Waals surface area contributed by atoms with Crippen LogP contribution in [0.2, 0.25) is 0 Å². The summed E-state index contributed by atoms with van der Waals surface area (Å²) in [4.78, 5) is 25.4. The van der Waals surface area contributed by atoms with Crippen molar-refractivity contribution in [1.82, 2.24) is 0 Å². The Balaban J connectivity index is 4.47. The smallest absolute Gasteiger partial charge is 0.306 e. The van der Waals surface area contributed by atoms with Gasteiger partial charge in [0.25, 0.3) is 0 Å². The van der Waals surface area contributed by atoms with Crippen LogP contribution in [-0.4, -0.2) is 37.9 Å². The molecule has 1 unspecified atom stereocenters. The Morgan fingerprint density at radius 2 is 0.667 bits per heavy atom. The van der Waals surface area contributed by atoms with Crippen molar-refractivity contribution in [1.29, 1.82) is 0 Å². The summed E-state index contributed by atoms with van der Waals surface area (Å²) in [6, 6.07) is 0. The molecule has 0 aromatic carbocycles. The van der Waals surface area contributed by atoms with Crippen molar-refractivity contribution in [2.75, 3.05) is 19.8 Å². The van der Waals surface area contributed by atoms with Crippen molar-refractivity contribution in [3.63, 3.8) is 0 Å². The summed E-state index contributed by atoms with van der Waals surface area (Å²) in [6.07, 6.45) is 81.3. The molecule has 0 aliphatic rings. The third-order valence-corrected chi connectivity index (χ3v) is 10.1. The minimum absolute atomic E-state index is 0.0110. The number of carbonyl (C=O) groups is 2. The Kier molecular flexibility index (Phi) is 51.1. The number of allylic oxidation sites excluding steroid dienone is 26. The van der Waals surface area contributed by atoms with Gasteiger partial charge in [-0.05, 0) is 122 Å². The number of rotatable bonds is 45. The molecule has 0 spiro atoms. The first-order chi connectivity index (χ1) is 32.6. The first-order valence-corrected chi connectivity index (χ1v) is 26.0. The summed E-state index contributed by atoms with van der Waals surface area (Å²) in [7, 11) is 0. The predicted octanol–water partition coefficient (Wildman–Crippen LogP) is 17.9. The Morgan fingerprint density at radius 1 is 0.333 bits per heavy atom. The van der Waals surface area contributed by atoms with Crippen molar-refractivity contribution >= 4 is 11.9 Å². The topological polar surface area (TPSA) is 61.8 Å². The van der Waals surface area contributed by atoms with Gasteiger partial charge in [0.2, 0.25) is 0 Å². The number of hydrogen-bond donors (Lipinski definition) is 0. The zero-order valence-electron chi connectivity index (χ0n) is 42.1. The third kappa shape index (κ3) is 52.1. The Morgan fingerprint density at radius 3 is 1.08 bits per heavy atom. The van der Waals surface area contributed by atoms with Crippen LogP contribution in [0, 0.1) is 0 Å². The third-order valence-electron chi connectivity index (χ3n) is 10.1. The number of hydrogen-bond acceptors (Lipinski definition) is 5. The molecule has 0 rings (SSSR count). The molecule has 5 heteroatoms. The predicted molar refractivity (Wildman–Crippen MR) is 288 cm³/mol. The van der Waals surface area contributed by atoms with E-state index in [0.717, 1.165) is 109 Å². The fourth-order valence-electron chi connectivity index (χ4n) is 6.31. The lowest BCUT2D eigenvalue weighted by Gasteiger charge is -2.18. The van der Waals surface area contributed by atoms with Crippen LogP contribution >= 0.6 is 0 Å². The summed E-state index contributed by atoms with van der Waals surface area (Å²) in [5.41, 5.74) is 0. The lowest BCUT2D eigenvalue weighted by Crippen LogP contribution is -2.30. The van der Waals surface area contributed by atoms with Gasteiger partial charge in [-0.2, -0.15) is 0 Å². The monoisotopic (exact) mass is 907 g/mol. The molecular weight excluding hydrogens is 813 g/mol. The van der Waals surface area contributed by atoms with Crippen LogP contribution in [0.5, 0.6) is 0 Å². The van der Waals surface area contributed by atoms with E-state index in [2.05, 4.69) is 173 Å². The maximum Gasteiger partial charge on any atom is 0.306 e. The van der Waals surface area contributed by atoms with E-state index in [1.807, 2.05) is 6.08 Å². The molecule has 0 bridgehead atoms. The van der Waals surface area contributed by atoms with Gasteiger partial charge in [-0.3, -0.25) is 9.59 Å². The van der Waals surface area contributed by atoms with E-state index in [1.165, 1.54) is 32.1 Å². The molecule has 0 amide bonds. The van der Waals surface area contributed by atoms with Crippen molar-refractivity contribution in [2.45, 2.75) is 194 Å². The standard InChI is InChI=1S/C61H94O5/c1-4-7-10-13-16-19-22-25-27-29-30-31-33-35-38-41-44-47-50-53-56-64-57-59(66-61(63)55-52-49-46-43-40-36-24-21-18-15-12-9-6-3)58-65-60(62)54-51-48-45-42-39-37-34-32-28-26-23-20-17-14-11-8-5-2/h7-12,16-21,25-28,30-31,34,36-37,40,42,45-46,49,59H,4-6,13-15,22-24,29,32-33,35,38-39,41,43-44,47-48,50-58H2,1-3H3/b10-7-,11-8-,12-9-,19-16-,20-17-,21-18-,27-25-,28-26-,31-30-,37-34-,40-36-,45-42-,49-46-. The van der Waals surface area contributed by atoms with Crippen molar-refractivity contribution in [3.8, 4) is 0 Å². The number of ether oxygens (including phenoxy) is 3. The van der Waals surface area contributed by atoms with Crippen molar-refractivity contribution in [2.24, 2.45) is 0 Å². The zero-order chi connectivity index (χ0) is 47.7. The van der Waals surface area contributed by atoms with Gasteiger partial charge < -0.3 is 14.2 Å². The maximum absolute atomic E-state index is 12.8. The van der Waals surface area contributed by atoms with Crippen LogP contribution in [0.25, 0.3) is 0 Å². The normalized spacial score (nSPS) is 13.6. The molecule has 0 aliphatic heterocycles. The molecule has 0 N–H and O–H groups in total. The second-order valence-corrected chi connectivity index (χ2v) is 16.3. The van der Waals surface area contributed by atoms with Crippen molar-refractivity contribution < 1.29 is 23.8 Å². The van der Waals surface area contributed by atoms with Gasteiger partial charge in [0.1, 0.15) is 6.61 Å². The fourth-order valence-corrected chi connectivity index (χ4v) is 6.31. The fraction of sp³-hybridized carbons (Fsp3) is 0.541. The second-order valence-electron chi connectivity index (χ2n) is 16.3. The molecule has 66 heavy (non-hydrogen) atoms. The van der Waals surface area contributed by atoms with E-state index in [0.29, 0.717) is 25.9 Å². The highest BCUT2D eigenvalue weighted by atomic mass is 16.6. The average molecular weight is 907 g/mol. The summed E-state index contributed by atoms with van der Waals surface area (Å²) < 4.78 is 17.3. The maximum atomic E-state index is 12.8. The molecule has 1 atom stereocenters. The molecular formula is C61H94O5. The average Bonchev–Trinajstić information content (AvgIpc) is 3.32. The van der Waals surface area contributed by atoms with Gasteiger partial charge >= 0.3 is 11.9 Å². The van der Waals surface area contributed by atoms with Crippen LogP contribution in [0.3, 0.4) is 0 Å². The van der Waals surface area contributed by atoms with E-state index in [-0.39, 0.29) is 31.6 Å². The van der Waals surface area contributed by atoms with Crippen LogP contribution in [0.1, 0.15) is 188 Å². The van der Waals surface area contributed by atoms with Crippen LogP contribution in [-0.2, 0) is 23.8 Å². The molecule has 0 radical (unpaired) electrons. The summed E-state index contributed by atoms with van der Waals surface area (Å²) in [6.45, 7) is 7.29. The van der Waals surface area contributed by atoms with E-state index in [9.17, 15) is 9.59 Å². The zero-order valence-corrected chi connectivity index (χ0v) is 42.1. The largest absolute Gasteiger partial charge is 0.462 e. The molecule has 0 fully saturated rings. The first kappa shape index (κ1) is 61.5. The number of unbranched alkanes of at least 4 members (excludes halogenated alkanes) is 8. The van der Waals surface area contributed by atoms with E-state index in [4.69, 9.17) is 14.2 Å². The Hall–Kier alpha value is -4.48. The van der Waals surface area contributed by atoms with Crippen LogP contribution in [0.15, 0.2) is 158 Å². The highest BCUT2D eigenvalue weighted by Gasteiger charge is 2.17. The van der Waals surface area contributed by atoms with Gasteiger partial charge in [0, 0.05) is 19.4 Å². The summed E-state index contributed by atoms with van der Waals surface area (Å²) >= 11 is 0. The minimum Gasteiger partial charge on any atom is -0.462 e. The van der Waals surface area contributed by atoms with Gasteiger partial charge in [0.15, 0.2) is 6.10 Å². The summed E-state index contributed by atoms with van der Waals surface area (Å²) in [5, 5.41) is 0. The lowest BCUT2D eigenvalue weighted by molar-refractivity contribution is -0.162. The first-order valence-electron chi connectivity index (χ1n) is 26.0. The highest BCUT2D eigenvalue weighted by molar-refractivity contribution is 5.70. The quantitative estimate of drug-likeness (QED) is 0.0346. The molecule has 5 nitrogen and oxygen atoms in total. The molecule has 0 aromatic heterocycles. The molecule has 0 heterocycles. The molecule has 0 aromatic rings. The van der Waals surface area contributed by atoms with Crippen LogP contribution in [0.4, 0.5) is 0 Å². The number of carbonyl (C=O) groups excluding carboxylic acids is 2. The van der Waals surface area contributed by atoms with Gasteiger partial charge in [-0.1, -0.05) is 211 Å². The van der Waals surface area contributed by atoms with Crippen LogP contribution < -0.4 is 0 Å². The Bertz CT molecular complexity index is 1490. The molecule has 0 aliphatic carbocycles. The van der Waals surface area contributed by atoms with Gasteiger partial charge in [0.05, 0.1) is 6.61 Å². The Labute approximate surface area is 405 Å². The number of esters is 2. The van der Waals surface area contributed by atoms with E-state index in [1.54, 1.807) is 0 Å². The SMILES string of the molecule is CC/C=C\C/C=C\C/C=C\C/C=C\C/C=C\CCCC(=O)OCC(COCCCCCCCCC/C=C\C/C=C\C/C=C\C/C=C\CC)OC(=O)CC/C=C\C/C=C\C/C=C\C/C=C\CC. The van der Waals surface area contributed by atoms with E-state index >= 15 is 0 Å². The van der Waals surface area contributed by atoms with E-state index < -0.39 is 6.10 Å². The minimum atomic E-state index is -0.616. The second kappa shape index (κ2) is 54.9. The van der Waals surface area contributed by atoms with Gasteiger partial charge in [-0.15, -0.1) is 0 Å². The highest BCUT2D eigenvalue weighted by Crippen LogP contribution is 2.11. The molecule has 368 valence electrons. The lowest BCUT2D eigenvalue weighted by atomic mass is 10.1. The van der Waals surface area contributed by atoms with Crippen molar-refractivity contribution in [3.05, 3.63) is 158 Å².